The first-order chi connectivity index (χ1) is 11.5. The highest BCUT2D eigenvalue weighted by Crippen LogP contribution is 2.34. The number of aromatic nitrogens is 1. The number of piperidine rings is 1. The van der Waals surface area contributed by atoms with Crippen molar-refractivity contribution >= 4 is 28.4 Å². The number of benzene rings is 1. The number of pyridine rings is 1. The van der Waals surface area contributed by atoms with Crippen LogP contribution in [-0.4, -0.2) is 28.9 Å². The van der Waals surface area contributed by atoms with E-state index < -0.39 is 0 Å². The Labute approximate surface area is 148 Å². The van der Waals surface area contributed by atoms with Crippen LogP contribution in [0.3, 0.4) is 0 Å². The third kappa shape index (κ3) is 2.69. The summed E-state index contributed by atoms with van der Waals surface area (Å²) in [6, 6.07) is 5.79. The quantitative estimate of drug-likeness (QED) is 0.764. The van der Waals surface area contributed by atoms with E-state index in [9.17, 15) is 4.79 Å². The number of rotatable bonds is 1. The van der Waals surface area contributed by atoms with Crippen molar-refractivity contribution in [1.29, 1.82) is 0 Å². The van der Waals surface area contributed by atoms with Gasteiger partial charge in [-0.3, -0.25) is 9.78 Å². The summed E-state index contributed by atoms with van der Waals surface area (Å²) in [5, 5.41) is 1.79. The van der Waals surface area contributed by atoms with Crippen molar-refractivity contribution in [3.63, 3.8) is 0 Å². The largest absolute Gasteiger partial charge is 0.338 e. The van der Waals surface area contributed by atoms with Gasteiger partial charge in [0.15, 0.2) is 0 Å². The minimum Gasteiger partial charge on any atom is -0.338 e. The second-order valence-electron chi connectivity index (χ2n) is 7.59. The lowest BCUT2D eigenvalue weighted by Crippen LogP contribution is -2.42. The van der Waals surface area contributed by atoms with Gasteiger partial charge in [0, 0.05) is 29.7 Å². The van der Waals surface area contributed by atoms with Crippen LogP contribution in [0.5, 0.6) is 0 Å². The molecule has 1 aromatic carbocycles. The average molecular weight is 343 g/mol. The third-order valence-corrected chi connectivity index (χ3v) is 5.78. The first kappa shape index (κ1) is 15.9. The van der Waals surface area contributed by atoms with E-state index in [-0.39, 0.29) is 5.91 Å². The predicted molar refractivity (Wildman–Crippen MR) is 97.6 cm³/mol. The zero-order valence-corrected chi connectivity index (χ0v) is 15.1. The van der Waals surface area contributed by atoms with Gasteiger partial charge in [-0.1, -0.05) is 31.5 Å². The van der Waals surface area contributed by atoms with Gasteiger partial charge < -0.3 is 4.90 Å². The molecule has 0 bridgehead atoms. The molecular weight excluding hydrogens is 320 g/mol. The number of amides is 1. The molecule has 2 aliphatic rings. The molecule has 126 valence electrons. The molecule has 2 atom stereocenters. The number of hydrogen-bond donors (Lipinski definition) is 0. The molecule has 0 saturated carbocycles. The van der Waals surface area contributed by atoms with Crippen LogP contribution in [0.15, 0.2) is 18.2 Å². The Bertz CT molecular complexity index is 807. The van der Waals surface area contributed by atoms with Crippen molar-refractivity contribution in [2.24, 2.45) is 11.8 Å². The fourth-order valence-corrected chi connectivity index (χ4v) is 4.71. The molecule has 3 nitrogen and oxygen atoms in total. The zero-order valence-electron chi connectivity index (χ0n) is 14.3. The molecule has 1 aliphatic carbocycles. The van der Waals surface area contributed by atoms with Gasteiger partial charge in [-0.2, -0.15) is 0 Å². The van der Waals surface area contributed by atoms with Crippen LogP contribution in [0.4, 0.5) is 0 Å². The molecule has 1 amide bonds. The molecule has 2 aromatic rings. The lowest BCUT2D eigenvalue weighted by atomic mass is 9.91. The molecule has 0 N–H and O–H groups in total. The summed E-state index contributed by atoms with van der Waals surface area (Å²) < 4.78 is 0. The van der Waals surface area contributed by atoms with Crippen molar-refractivity contribution in [2.75, 3.05) is 13.1 Å². The SMILES string of the molecule is CC1CC(C)CN(C(=O)c2ccc3c(Cl)c4c(nc3c2)CCC4)C1. The summed E-state index contributed by atoms with van der Waals surface area (Å²) in [6.07, 6.45) is 4.32. The van der Waals surface area contributed by atoms with Crippen LogP contribution >= 0.6 is 11.6 Å². The van der Waals surface area contributed by atoms with Gasteiger partial charge in [0.05, 0.1) is 10.5 Å². The highest BCUT2D eigenvalue weighted by molar-refractivity contribution is 6.36. The maximum atomic E-state index is 12.9. The first-order valence-corrected chi connectivity index (χ1v) is 9.31. The molecule has 24 heavy (non-hydrogen) atoms. The van der Waals surface area contributed by atoms with Crippen LogP contribution in [0.1, 0.15) is 48.3 Å². The molecule has 2 unspecified atom stereocenters. The van der Waals surface area contributed by atoms with Crippen molar-refractivity contribution in [2.45, 2.75) is 39.5 Å². The summed E-state index contributed by atoms with van der Waals surface area (Å²) in [6.45, 7) is 6.14. The van der Waals surface area contributed by atoms with E-state index in [4.69, 9.17) is 16.6 Å². The number of nitrogens with zero attached hydrogens (tertiary/aromatic N) is 2. The minimum absolute atomic E-state index is 0.119. The van der Waals surface area contributed by atoms with Crippen molar-refractivity contribution in [3.05, 3.63) is 40.0 Å². The topological polar surface area (TPSA) is 33.2 Å². The summed E-state index contributed by atoms with van der Waals surface area (Å²) >= 11 is 6.57. The lowest BCUT2D eigenvalue weighted by Gasteiger charge is -2.35. The molecule has 0 spiro atoms. The van der Waals surface area contributed by atoms with Crippen LogP contribution < -0.4 is 0 Å². The van der Waals surface area contributed by atoms with Gasteiger partial charge in [0.25, 0.3) is 5.91 Å². The van der Waals surface area contributed by atoms with Gasteiger partial charge in [-0.25, -0.2) is 0 Å². The number of fused-ring (bicyclic) bond motifs is 2. The highest BCUT2D eigenvalue weighted by atomic mass is 35.5. The second-order valence-corrected chi connectivity index (χ2v) is 7.97. The van der Waals surface area contributed by atoms with Gasteiger partial charge in [0.1, 0.15) is 0 Å². The number of carbonyl (C=O) groups is 1. The lowest BCUT2D eigenvalue weighted by molar-refractivity contribution is 0.0623. The van der Waals surface area contributed by atoms with Crippen LogP contribution in [-0.2, 0) is 12.8 Å². The molecule has 1 aliphatic heterocycles. The Morgan fingerprint density at radius 3 is 2.71 bits per heavy atom. The van der Waals surface area contributed by atoms with E-state index in [1.807, 2.05) is 23.1 Å². The summed E-state index contributed by atoms with van der Waals surface area (Å²) in [5.41, 5.74) is 3.88. The first-order valence-electron chi connectivity index (χ1n) is 8.93. The average Bonchev–Trinajstić information content (AvgIpc) is 3.01. The number of halogens is 1. The molecule has 2 heterocycles. The monoisotopic (exact) mass is 342 g/mol. The second kappa shape index (κ2) is 6.03. The Kier molecular flexibility index (Phi) is 4.00. The van der Waals surface area contributed by atoms with E-state index in [1.54, 1.807) is 0 Å². The van der Waals surface area contributed by atoms with Gasteiger partial charge in [-0.15, -0.1) is 0 Å². The number of hydrogen-bond acceptors (Lipinski definition) is 2. The van der Waals surface area contributed by atoms with Crippen molar-refractivity contribution in [1.82, 2.24) is 9.88 Å². The molecule has 4 heteroatoms. The summed E-state index contributed by atoms with van der Waals surface area (Å²) in [5.74, 6) is 1.25. The Morgan fingerprint density at radius 1 is 1.21 bits per heavy atom. The summed E-state index contributed by atoms with van der Waals surface area (Å²) in [4.78, 5) is 19.7. The van der Waals surface area contributed by atoms with E-state index in [0.29, 0.717) is 11.8 Å². The van der Waals surface area contributed by atoms with Gasteiger partial charge >= 0.3 is 0 Å². The van der Waals surface area contributed by atoms with Crippen molar-refractivity contribution in [3.8, 4) is 0 Å². The Balaban J connectivity index is 1.70. The molecule has 0 radical (unpaired) electrons. The number of carbonyl (C=O) groups excluding carboxylic acids is 1. The Morgan fingerprint density at radius 2 is 1.96 bits per heavy atom. The molecule has 1 fully saturated rings. The smallest absolute Gasteiger partial charge is 0.253 e. The number of likely N-dealkylation sites (tertiary alicyclic amines) is 1. The number of aryl methyl sites for hydroxylation is 1. The normalized spacial score (nSPS) is 23.5. The Hall–Kier alpha value is -1.61. The zero-order chi connectivity index (χ0) is 16.8. The van der Waals surface area contributed by atoms with Crippen LogP contribution in [0, 0.1) is 11.8 Å². The summed E-state index contributed by atoms with van der Waals surface area (Å²) in [7, 11) is 0. The third-order valence-electron chi connectivity index (χ3n) is 5.35. The molecular formula is C20H23ClN2O. The van der Waals surface area contributed by atoms with Crippen LogP contribution in [0.2, 0.25) is 5.02 Å². The highest BCUT2D eigenvalue weighted by Gasteiger charge is 2.26. The van der Waals surface area contributed by atoms with Gasteiger partial charge in [-0.05, 0) is 55.2 Å². The fraction of sp³-hybridized carbons (Fsp3) is 0.500. The van der Waals surface area contributed by atoms with E-state index in [1.165, 1.54) is 12.0 Å². The van der Waals surface area contributed by atoms with Crippen molar-refractivity contribution < 1.29 is 4.79 Å². The van der Waals surface area contributed by atoms with E-state index in [0.717, 1.165) is 59.5 Å². The van der Waals surface area contributed by atoms with Crippen LogP contribution in [0.25, 0.3) is 10.9 Å². The maximum Gasteiger partial charge on any atom is 0.253 e. The standard InChI is InChI=1S/C20H23ClN2O/c1-12-8-13(2)11-23(10-12)20(24)14-6-7-16-18(9-14)22-17-5-3-4-15(17)19(16)21/h6-7,9,12-13H,3-5,8,10-11H2,1-2H3. The van der Waals surface area contributed by atoms with E-state index in [2.05, 4.69) is 13.8 Å². The minimum atomic E-state index is 0.119. The fourth-order valence-electron chi connectivity index (χ4n) is 4.35. The molecule has 1 saturated heterocycles. The van der Waals surface area contributed by atoms with E-state index >= 15 is 0 Å². The van der Waals surface area contributed by atoms with Gasteiger partial charge in [0.2, 0.25) is 0 Å². The molecule has 4 rings (SSSR count). The maximum absolute atomic E-state index is 12.9. The predicted octanol–water partition coefficient (Wildman–Crippen LogP) is 4.50. The molecule has 1 aromatic heterocycles.